The molecule has 0 fully saturated rings. The number of aromatic nitrogens is 1. The molecule has 0 N–H and O–H groups in total. The fraction of sp³-hybridized carbons (Fsp3) is 0.500. The minimum atomic E-state index is -5.08. The van der Waals surface area contributed by atoms with Crippen LogP contribution in [-0.2, 0) is 16.0 Å². The van der Waals surface area contributed by atoms with E-state index in [1.54, 1.807) is 0 Å². The van der Waals surface area contributed by atoms with Gasteiger partial charge in [-0.2, -0.15) is 0 Å². The number of ether oxygens (including phenoxy) is 3. The summed E-state index contributed by atoms with van der Waals surface area (Å²) in [5.41, 5.74) is -1.40. The van der Waals surface area contributed by atoms with Crippen molar-refractivity contribution in [1.82, 2.24) is 4.98 Å². The third kappa shape index (κ3) is 4.71. The fourth-order valence-electron chi connectivity index (χ4n) is 1.65. The lowest BCUT2D eigenvalue weighted by Crippen LogP contribution is -2.20. The molecular weight excluding hydrogens is 317 g/mol. The Morgan fingerprint density at radius 3 is 2.45 bits per heavy atom. The van der Waals surface area contributed by atoms with Crippen molar-refractivity contribution in [3.8, 4) is 11.5 Å². The summed E-state index contributed by atoms with van der Waals surface area (Å²) in [7, 11) is 0.967. The smallest absolute Gasteiger partial charge is 0.494 e. The second-order valence-electron chi connectivity index (χ2n) is 3.85. The molecule has 0 aliphatic heterocycles. The number of esters is 1. The standard InChI is InChI=1S/C12H12F5NO4/c1-3-21-8(19)4-6-7(22-12(15,16)17)5-18-9(11(13)14)10(6)20-2/h5,11H,3-4H2,1-2H3. The van der Waals surface area contributed by atoms with E-state index < -0.39 is 47.9 Å². The quantitative estimate of drug-likeness (QED) is 0.593. The predicted octanol–water partition coefficient (Wildman–Crippen LogP) is 3.03. The first-order valence-electron chi connectivity index (χ1n) is 5.94. The van der Waals surface area contributed by atoms with Crippen LogP contribution in [0.2, 0.25) is 0 Å². The van der Waals surface area contributed by atoms with Crippen LogP contribution in [0.15, 0.2) is 6.20 Å². The zero-order valence-corrected chi connectivity index (χ0v) is 11.5. The third-order valence-corrected chi connectivity index (χ3v) is 2.39. The normalized spacial score (nSPS) is 11.5. The van der Waals surface area contributed by atoms with Gasteiger partial charge < -0.3 is 14.2 Å². The summed E-state index contributed by atoms with van der Waals surface area (Å²) in [6, 6.07) is 0. The van der Waals surface area contributed by atoms with Crippen molar-refractivity contribution in [2.45, 2.75) is 26.1 Å². The van der Waals surface area contributed by atoms with Gasteiger partial charge in [0.05, 0.1) is 31.9 Å². The Morgan fingerprint density at radius 1 is 1.36 bits per heavy atom. The van der Waals surface area contributed by atoms with E-state index in [9.17, 15) is 26.7 Å². The number of pyridine rings is 1. The Morgan fingerprint density at radius 2 is 2.00 bits per heavy atom. The number of methoxy groups -OCH3 is 1. The number of carbonyl (C=O) groups is 1. The number of carbonyl (C=O) groups excluding carboxylic acids is 1. The van der Waals surface area contributed by atoms with Crippen LogP contribution in [0.25, 0.3) is 0 Å². The third-order valence-electron chi connectivity index (χ3n) is 2.39. The Hall–Kier alpha value is -2.13. The molecule has 0 spiro atoms. The van der Waals surface area contributed by atoms with Crippen molar-refractivity contribution < 1.29 is 41.0 Å². The molecule has 1 rings (SSSR count). The summed E-state index contributed by atoms with van der Waals surface area (Å²) in [6.07, 6.45) is -8.45. The summed E-state index contributed by atoms with van der Waals surface area (Å²) in [5, 5.41) is 0. The van der Waals surface area contributed by atoms with Crippen LogP contribution in [-0.4, -0.2) is 31.0 Å². The molecule has 0 aliphatic carbocycles. The predicted molar refractivity (Wildman–Crippen MR) is 62.8 cm³/mol. The van der Waals surface area contributed by atoms with Crippen molar-refractivity contribution in [1.29, 1.82) is 0 Å². The first-order valence-corrected chi connectivity index (χ1v) is 5.94. The number of rotatable bonds is 6. The highest BCUT2D eigenvalue weighted by atomic mass is 19.4. The van der Waals surface area contributed by atoms with Gasteiger partial charge in [-0.05, 0) is 6.92 Å². The molecule has 0 aliphatic rings. The molecule has 124 valence electrons. The van der Waals surface area contributed by atoms with Crippen LogP contribution < -0.4 is 9.47 Å². The van der Waals surface area contributed by atoms with Crippen LogP contribution in [0.1, 0.15) is 24.6 Å². The maximum absolute atomic E-state index is 12.8. The van der Waals surface area contributed by atoms with Gasteiger partial charge in [-0.3, -0.25) is 4.79 Å². The van der Waals surface area contributed by atoms with Crippen molar-refractivity contribution in [3.05, 3.63) is 17.5 Å². The summed E-state index contributed by atoms with van der Waals surface area (Å²) >= 11 is 0. The van der Waals surface area contributed by atoms with Gasteiger partial charge in [0.2, 0.25) is 0 Å². The number of halogens is 5. The summed E-state index contributed by atoms with van der Waals surface area (Å²) < 4.78 is 75.7. The minimum absolute atomic E-state index is 0.0244. The van der Waals surface area contributed by atoms with Crippen LogP contribution in [0.4, 0.5) is 22.0 Å². The summed E-state index contributed by atoms with van der Waals surface area (Å²) in [6.45, 7) is 1.46. The molecule has 0 unspecified atom stereocenters. The Balaban J connectivity index is 3.34. The van der Waals surface area contributed by atoms with Gasteiger partial charge >= 0.3 is 12.3 Å². The molecule has 0 radical (unpaired) electrons. The molecule has 0 bridgehead atoms. The summed E-state index contributed by atoms with van der Waals surface area (Å²) in [5.74, 6) is -2.47. The van der Waals surface area contributed by atoms with Crippen molar-refractivity contribution in [3.63, 3.8) is 0 Å². The maximum Gasteiger partial charge on any atom is 0.573 e. The second kappa shape index (κ2) is 7.23. The first-order chi connectivity index (χ1) is 10.2. The Kier molecular flexibility index (Phi) is 5.89. The van der Waals surface area contributed by atoms with E-state index >= 15 is 0 Å². The lowest BCUT2D eigenvalue weighted by molar-refractivity contribution is -0.275. The molecule has 1 aromatic rings. The molecule has 22 heavy (non-hydrogen) atoms. The van der Waals surface area contributed by atoms with Crippen molar-refractivity contribution in [2.75, 3.05) is 13.7 Å². The molecular formula is C12H12F5NO4. The zero-order chi connectivity index (χ0) is 16.9. The van der Waals surface area contributed by atoms with Gasteiger partial charge in [0.1, 0.15) is 5.69 Å². The Labute approximate surface area is 122 Å². The maximum atomic E-state index is 12.8. The van der Waals surface area contributed by atoms with Crippen molar-refractivity contribution in [2.24, 2.45) is 0 Å². The monoisotopic (exact) mass is 329 g/mol. The van der Waals surface area contributed by atoms with Crippen LogP contribution >= 0.6 is 0 Å². The van der Waals surface area contributed by atoms with Gasteiger partial charge in [0, 0.05) is 0 Å². The molecule has 0 atom stereocenters. The second-order valence-corrected chi connectivity index (χ2v) is 3.85. The van der Waals surface area contributed by atoms with E-state index in [0.29, 0.717) is 6.20 Å². The van der Waals surface area contributed by atoms with E-state index in [1.807, 2.05) is 0 Å². The highest BCUT2D eigenvalue weighted by Gasteiger charge is 2.34. The largest absolute Gasteiger partial charge is 0.573 e. The van der Waals surface area contributed by atoms with E-state index in [1.165, 1.54) is 6.92 Å². The molecule has 5 nitrogen and oxygen atoms in total. The Bertz CT molecular complexity index is 533. The van der Waals surface area contributed by atoms with Gasteiger partial charge in [0.15, 0.2) is 11.5 Å². The molecule has 1 aromatic heterocycles. The van der Waals surface area contributed by atoms with Crippen molar-refractivity contribution >= 4 is 5.97 Å². The van der Waals surface area contributed by atoms with Gasteiger partial charge in [-0.1, -0.05) is 0 Å². The number of alkyl halides is 5. The molecule has 0 amide bonds. The van der Waals surface area contributed by atoms with Gasteiger partial charge in [0.25, 0.3) is 6.43 Å². The molecule has 0 saturated carbocycles. The SMILES string of the molecule is CCOC(=O)Cc1c(OC(F)(F)F)cnc(C(F)F)c1OC. The topological polar surface area (TPSA) is 57.7 Å². The van der Waals surface area contributed by atoms with Crippen LogP contribution in [0.3, 0.4) is 0 Å². The minimum Gasteiger partial charge on any atom is -0.494 e. The van der Waals surface area contributed by atoms with Gasteiger partial charge in [-0.15, -0.1) is 13.2 Å². The lowest BCUT2D eigenvalue weighted by Gasteiger charge is -2.17. The van der Waals surface area contributed by atoms with Gasteiger partial charge in [-0.25, -0.2) is 13.8 Å². The van der Waals surface area contributed by atoms with E-state index in [0.717, 1.165) is 7.11 Å². The number of hydrogen-bond donors (Lipinski definition) is 0. The van der Waals surface area contributed by atoms with E-state index in [2.05, 4.69) is 19.2 Å². The van der Waals surface area contributed by atoms with E-state index in [4.69, 9.17) is 0 Å². The highest BCUT2D eigenvalue weighted by molar-refractivity contribution is 5.75. The van der Waals surface area contributed by atoms with Crippen LogP contribution in [0.5, 0.6) is 11.5 Å². The van der Waals surface area contributed by atoms with Crippen LogP contribution in [0, 0.1) is 0 Å². The first kappa shape index (κ1) is 17.9. The molecule has 0 aromatic carbocycles. The number of nitrogens with zero attached hydrogens (tertiary/aromatic N) is 1. The highest BCUT2D eigenvalue weighted by Crippen LogP contribution is 2.38. The average molecular weight is 329 g/mol. The number of hydrogen-bond acceptors (Lipinski definition) is 5. The zero-order valence-electron chi connectivity index (χ0n) is 11.5. The fourth-order valence-corrected chi connectivity index (χ4v) is 1.65. The summed E-state index contributed by atoms with van der Waals surface area (Å²) in [4.78, 5) is 14.7. The molecule has 0 saturated heterocycles. The average Bonchev–Trinajstić information content (AvgIpc) is 2.38. The lowest BCUT2D eigenvalue weighted by atomic mass is 10.1. The molecule has 10 heteroatoms. The van der Waals surface area contributed by atoms with E-state index in [-0.39, 0.29) is 6.61 Å². The molecule has 1 heterocycles.